The molecule has 0 aromatic heterocycles. The number of benzene rings is 1. The largest absolute Gasteiger partial charge is 0.427 e. The zero-order valence-corrected chi connectivity index (χ0v) is 11.2. The summed E-state index contributed by atoms with van der Waals surface area (Å²) in [4.78, 5) is 9.53. The lowest BCUT2D eigenvalue weighted by Crippen LogP contribution is -1.94. The summed E-state index contributed by atoms with van der Waals surface area (Å²) in [5, 5.41) is 0. The Balaban J connectivity index is 2.03. The van der Waals surface area contributed by atoms with Crippen LogP contribution in [-0.4, -0.2) is 11.5 Å². The van der Waals surface area contributed by atoms with Gasteiger partial charge in [0.2, 0.25) is 0 Å². The van der Waals surface area contributed by atoms with Gasteiger partial charge in [-0.3, -0.25) is 0 Å². The van der Waals surface area contributed by atoms with E-state index in [2.05, 4.69) is 6.92 Å². The Morgan fingerprint density at radius 1 is 1.06 bits per heavy atom. The predicted octanol–water partition coefficient (Wildman–Crippen LogP) is 4.27. The van der Waals surface area contributed by atoms with Crippen molar-refractivity contribution in [2.24, 2.45) is 0 Å². The Morgan fingerprint density at radius 3 is 2.47 bits per heavy atom. The first-order chi connectivity index (χ1) is 8.33. The third-order valence-electron chi connectivity index (χ3n) is 2.38. The lowest BCUT2D eigenvalue weighted by atomic mass is 10.2. The second-order valence-corrected chi connectivity index (χ2v) is 4.81. The summed E-state index contributed by atoms with van der Waals surface area (Å²) in [6.07, 6.45) is 5.89. The molecule has 3 nitrogen and oxygen atoms in total. The molecular formula is C13H21O3P. The van der Waals surface area contributed by atoms with Crippen LogP contribution in [0.4, 0.5) is 0 Å². The minimum absolute atomic E-state index is 0.568. The van der Waals surface area contributed by atoms with Gasteiger partial charge in [0.25, 0.3) is 0 Å². The van der Waals surface area contributed by atoms with Crippen LogP contribution in [0.25, 0.3) is 0 Å². The number of hydrogen-bond donors (Lipinski definition) is 1. The molecule has 1 atom stereocenters. The summed E-state index contributed by atoms with van der Waals surface area (Å²) >= 11 is 0. The molecule has 0 amide bonds. The second-order valence-electron chi connectivity index (χ2n) is 3.89. The molecule has 0 bridgehead atoms. The van der Waals surface area contributed by atoms with Crippen LogP contribution in [0.3, 0.4) is 0 Å². The van der Waals surface area contributed by atoms with Crippen LogP contribution in [0.2, 0.25) is 0 Å². The molecule has 0 saturated carbocycles. The first-order valence-electron chi connectivity index (χ1n) is 6.18. The lowest BCUT2D eigenvalue weighted by molar-refractivity contribution is 0.253. The minimum atomic E-state index is -1.78. The molecular weight excluding hydrogens is 235 g/mol. The van der Waals surface area contributed by atoms with E-state index in [0.29, 0.717) is 12.4 Å². The van der Waals surface area contributed by atoms with Crippen LogP contribution in [0.5, 0.6) is 5.75 Å². The molecule has 0 aliphatic carbocycles. The molecule has 0 fully saturated rings. The average molecular weight is 256 g/mol. The van der Waals surface area contributed by atoms with Gasteiger partial charge in [0.15, 0.2) is 0 Å². The third kappa shape index (κ3) is 7.32. The Kier molecular flexibility index (Phi) is 7.98. The highest BCUT2D eigenvalue weighted by Crippen LogP contribution is 2.34. The van der Waals surface area contributed by atoms with Crippen molar-refractivity contribution >= 4 is 8.60 Å². The summed E-state index contributed by atoms with van der Waals surface area (Å²) in [6.45, 7) is 2.76. The predicted molar refractivity (Wildman–Crippen MR) is 70.9 cm³/mol. The molecule has 0 spiro atoms. The normalized spacial score (nSPS) is 12.4. The van der Waals surface area contributed by atoms with Gasteiger partial charge < -0.3 is 13.9 Å². The van der Waals surface area contributed by atoms with Crippen molar-refractivity contribution in [3.8, 4) is 5.75 Å². The van der Waals surface area contributed by atoms with Crippen molar-refractivity contribution in [2.75, 3.05) is 6.61 Å². The highest BCUT2D eigenvalue weighted by molar-refractivity contribution is 7.41. The molecule has 1 aromatic rings. The van der Waals surface area contributed by atoms with E-state index in [-0.39, 0.29) is 0 Å². The van der Waals surface area contributed by atoms with Gasteiger partial charge in [-0.1, -0.05) is 50.8 Å². The Morgan fingerprint density at radius 2 is 1.76 bits per heavy atom. The van der Waals surface area contributed by atoms with Gasteiger partial charge in [-0.2, -0.15) is 0 Å². The molecule has 0 saturated heterocycles. The van der Waals surface area contributed by atoms with E-state index < -0.39 is 8.60 Å². The van der Waals surface area contributed by atoms with E-state index in [4.69, 9.17) is 9.05 Å². The van der Waals surface area contributed by atoms with Crippen molar-refractivity contribution in [1.29, 1.82) is 0 Å². The molecule has 1 N–H and O–H groups in total. The highest BCUT2D eigenvalue weighted by atomic mass is 31.2. The van der Waals surface area contributed by atoms with Crippen LogP contribution in [0.1, 0.15) is 39.0 Å². The Hall–Kier alpha value is -0.630. The quantitative estimate of drug-likeness (QED) is 0.529. The van der Waals surface area contributed by atoms with E-state index in [1.165, 1.54) is 19.3 Å². The zero-order valence-electron chi connectivity index (χ0n) is 10.3. The minimum Gasteiger partial charge on any atom is -0.427 e. The van der Waals surface area contributed by atoms with Crippen molar-refractivity contribution < 1.29 is 13.9 Å². The fraction of sp³-hybridized carbons (Fsp3) is 0.538. The maximum Gasteiger partial charge on any atom is 0.394 e. The first-order valence-corrected chi connectivity index (χ1v) is 7.31. The lowest BCUT2D eigenvalue weighted by Gasteiger charge is -2.11. The standard InChI is InChI=1S/C13H21O3P/c1-2-3-4-5-9-12-15-17(14)16-13-10-7-6-8-11-13/h6-8,10-11,14H,2-5,9,12H2,1H3. The van der Waals surface area contributed by atoms with E-state index in [1.54, 1.807) is 12.1 Å². The SMILES string of the molecule is CCCCCCCOP(O)Oc1ccccc1. The molecule has 4 heteroatoms. The van der Waals surface area contributed by atoms with Gasteiger partial charge in [0.1, 0.15) is 5.75 Å². The molecule has 1 rings (SSSR count). The summed E-state index contributed by atoms with van der Waals surface area (Å²) in [5.41, 5.74) is 0. The molecule has 1 unspecified atom stereocenters. The fourth-order valence-corrected chi connectivity index (χ4v) is 2.09. The maximum absolute atomic E-state index is 9.53. The van der Waals surface area contributed by atoms with Crippen LogP contribution in [0, 0.1) is 0 Å². The summed E-state index contributed by atoms with van der Waals surface area (Å²) < 4.78 is 10.5. The van der Waals surface area contributed by atoms with Crippen LogP contribution in [-0.2, 0) is 4.52 Å². The molecule has 1 aromatic carbocycles. The van der Waals surface area contributed by atoms with Gasteiger partial charge in [-0.15, -0.1) is 0 Å². The second kappa shape index (κ2) is 9.41. The summed E-state index contributed by atoms with van der Waals surface area (Å²) in [7, 11) is -1.78. The zero-order chi connectivity index (χ0) is 12.3. The van der Waals surface area contributed by atoms with Gasteiger partial charge in [-0.25, -0.2) is 0 Å². The van der Waals surface area contributed by atoms with E-state index in [9.17, 15) is 4.89 Å². The number of rotatable bonds is 9. The first kappa shape index (κ1) is 14.4. The number of hydrogen-bond acceptors (Lipinski definition) is 3. The van der Waals surface area contributed by atoms with Gasteiger partial charge in [-0.05, 0) is 18.6 Å². The van der Waals surface area contributed by atoms with E-state index in [0.717, 1.165) is 12.8 Å². The average Bonchev–Trinajstić information content (AvgIpc) is 2.35. The summed E-state index contributed by atoms with van der Waals surface area (Å²) in [6, 6.07) is 9.24. The van der Waals surface area contributed by atoms with Crippen molar-refractivity contribution in [3.05, 3.63) is 30.3 Å². The van der Waals surface area contributed by atoms with E-state index in [1.807, 2.05) is 18.2 Å². The maximum atomic E-state index is 9.53. The molecule has 96 valence electrons. The van der Waals surface area contributed by atoms with Crippen LogP contribution >= 0.6 is 8.60 Å². The molecule has 17 heavy (non-hydrogen) atoms. The molecule has 0 radical (unpaired) electrons. The van der Waals surface area contributed by atoms with Crippen molar-refractivity contribution in [2.45, 2.75) is 39.0 Å². The Bertz CT molecular complexity index is 279. The number of unbranched alkanes of at least 4 members (excludes halogenated alkanes) is 4. The van der Waals surface area contributed by atoms with E-state index >= 15 is 0 Å². The summed E-state index contributed by atoms with van der Waals surface area (Å²) in [5.74, 6) is 0.645. The topological polar surface area (TPSA) is 38.7 Å². The van der Waals surface area contributed by atoms with Crippen molar-refractivity contribution in [3.63, 3.8) is 0 Å². The Labute approximate surface area is 105 Å². The van der Waals surface area contributed by atoms with Crippen LogP contribution in [0.15, 0.2) is 30.3 Å². The molecule has 0 heterocycles. The van der Waals surface area contributed by atoms with Gasteiger partial charge in [0.05, 0.1) is 6.61 Å². The monoisotopic (exact) mass is 256 g/mol. The fourth-order valence-electron chi connectivity index (χ4n) is 1.45. The van der Waals surface area contributed by atoms with Gasteiger partial charge in [0, 0.05) is 0 Å². The molecule has 0 aliphatic heterocycles. The number of para-hydroxylation sites is 1. The molecule has 0 aliphatic rings. The third-order valence-corrected chi connectivity index (χ3v) is 3.15. The van der Waals surface area contributed by atoms with Crippen molar-refractivity contribution in [1.82, 2.24) is 0 Å². The van der Waals surface area contributed by atoms with Gasteiger partial charge >= 0.3 is 8.60 Å². The smallest absolute Gasteiger partial charge is 0.394 e. The van der Waals surface area contributed by atoms with Crippen LogP contribution < -0.4 is 4.52 Å². The highest BCUT2D eigenvalue weighted by Gasteiger charge is 2.07.